The highest BCUT2D eigenvalue weighted by molar-refractivity contribution is 5.35. The van der Waals surface area contributed by atoms with Gasteiger partial charge in [0.25, 0.3) is 0 Å². The monoisotopic (exact) mass is 273 g/mol. The van der Waals surface area contributed by atoms with Crippen molar-refractivity contribution in [2.45, 2.75) is 71.8 Å². The molecule has 0 amide bonds. The summed E-state index contributed by atoms with van der Waals surface area (Å²) in [4.78, 5) is 0. The number of hydrogen-bond acceptors (Lipinski definition) is 1. The standard InChI is InChI=1S/C19H31N/c1-4-13-20-19(12-9-15(2)3)18-11-10-16-7-5-6-8-17(16)14-18/h10-11,14-15,19-20H,4-9,12-13H2,1-3H3. The van der Waals surface area contributed by atoms with Crippen LogP contribution in [0.25, 0.3) is 0 Å². The fourth-order valence-electron chi connectivity index (χ4n) is 3.18. The maximum absolute atomic E-state index is 3.75. The molecule has 0 spiro atoms. The largest absolute Gasteiger partial charge is 0.310 e. The van der Waals surface area contributed by atoms with Crippen molar-refractivity contribution in [3.63, 3.8) is 0 Å². The predicted octanol–water partition coefficient (Wildman–Crippen LogP) is 5.04. The average molecular weight is 273 g/mol. The van der Waals surface area contributed by atoms with Gasteiger partial charge in [0.1, 0.15) is 0 Å². The topological polar surface area (TPSA) is 12.0 Å². The Bertz CT molecular complexity index is 408. The smallest absolute Gasteiger partial charge is 0.0320 e. The van der Waals surface area contributed by atoms with Crippen molar-refractivity contribution in [3.05, 3.63) is 34.9 Å². The third-order valence-electron chi connectivity index (χ3n) is 4.45. The first-order valence-corrected chi connectivity index (χ1v) is 8.55. The molecule has 1 aliphatic carbocycles. The summed E-state index contributed by atoms with van der Waals surface area (Å²) < 4.78 is 0. The third-order valence-corrected chi connectivity index (χ3v) is 4.45. The number of fused-ring (bicyclic) bond motifs is 1. The van der Waals surface area contributed by atoms with Crippen LogP contribution in [-0.4, -0.2) is 6.54 Å². The minimum Gasteiger partial charge on any atom is -0.310 e. The van der Waals surface area contributed by atoms with Crippen molar-refractivity contribution >= 4 is 0 Å². The second-order valence-corrected chi connectivity index (χ2v) is 6.71. The number of aryl methyl sites for hydroxylation is 2. The van der Waals surface area contributed by atoms with Crippen LogP contribution in [0.15, 0.2) is 18.2 Å². The van der Waals surface area contributed by atoms with E-state index in [4.69, 9.17) is 0 Å². The molecule has 0 saturated carbocycles. The molecular formula is C19H31N. The molecule has 0 heterocycles. The van der Waals surface area contributed by atoms with Crippen LogP contribution < -0.4 is 5.32 Å². The number of hydrogen-bond donors (Lipinski definition) is 1. The lowest BCUT2D eigenvalue weighted by atomic mass is 9.88. The van der Waals surface area contributed by atoms with E-state index >= 15 is 0 Å². The summed E-state index contributed by atoms with van der Waals surface area (Å²) in [6, 6.07) is 7.80. The summed E-state index contributed by atoms with van der Waals surface area (Å²) >= 11 is 0. The van der Waals surface area contributed by atoms with Crippen molar-refractivity contribution in [3.8, 4) is 0 Å². The Morgan fingerprint density at radius 1 is 1.05 bits per heavy atom. The van der Waals surface area contributed by atoms with E-state index in [1.54, 1.807) is 11.1 Å². The number of benzene rings is 1. The van der Waals surface area contributed by atoms with Crippen molar-refractivity contribution in [2.75, 3.05) is 6.54 Å². The van der Waals surface area contributed by atoms with Crippen LogP contribution in [0.2, 0.25) is 0 Å². The summed E-state index contributed by atoms with van der Waals surface area (Å²) in [6.07, 6.45) is 9.09. The van der Waals surface area contributed by atoms with Gasteiger partial charge in [-0.1, -0.05) is 39.0 Å². The fraction of sp³-hybridized carbons (Fsp3) is 0.684. The first-order valence-electron chi connectivity index (χ1n) is 8.55. The zero-order valence-corrected chi connectivity index (χ0v) is 13.5. The first kappa shape index (κ1) is 15.6. The Hall–Kier alpha value is -0.820. The normalized spacial score (nSPS) is 16.2. The zero-order chi connectivity index (χ0) is 14.4. The fourth-order valence-corrected chi connectivity index (χ4v) is 3.18. The van der Waals surface area contributed by atoms with Crippen molar-refractivity contribution in [1.82, 2.24) is 5.32 Å². The lowest BCUT2D eigenvalue weighted by molar-refractivity contribution is 0.440. The molecule has 0 fully saturated rings. The van der Waals surface area contributed by atoms with Gasteiger partial charge in [0.05, 0.1) is 0 Å². The number of rotatable bonds is 7. The van der Waals surface area contributed by atoms with Gasteiger partial charge in [0, 0.05) is 6.04 Å². The molecule has 0 saturated heterocycles. The molecule has 1 nitrogen and oxygen atoms in total. The molecular weight excluding hydrogens is 242 g/mol. The van der Waals surface area contributed by atoms with Gasteiger partial charge in [-0.25, -0.2) is 0 Å². The molecule has 1 N–H and O–H groups in total. The molecule has 1 aliphatic rings. The Morgan fingerprint density at radius 3 is 2.50 bits per heavy atom. The van der Waals surface area contributed by atoms with Gasteiger partial charge in [-0.15, -0.1) is 0 Å². The van der Waals surface area contributed by atoms with E-state index in [0.29, 0.717) is 6.04 Å². The minimum atomic E-state index is 0.546. The van der Waals surface area contributed by atoms with E-state index in [1.165, 1.54) is 50.5 Å². The van der Waals surface area contributed by atoms with Crippen LogP contribution in [-0.2, 0) is 12.8 Å². The molecule has 1 unspecified atom stereocenters. The summed E-state index contributed by atoms with van der Waals surface area (Å²) in [5, 5.41) is 3.75. The van der Waals surface area contributed by atoms with Gasteiger partial charge in [-0.05, 0) is 74.1 Å². The summed E-state index contributed by atoms with van der Waals surface area (Å²) in [5.74, 6) is 0.790. The van der Waals surface area contributed by atoms with E-state index in [-0.39, 0.29) is 0 Å². The first-order chi connectivity index (χ1) is 9.70. The lowest BCUT2D eigenvalue weighted by Crippen LogP contribution is -2.23. The molecule has 0 bridgehead atoms. The molecule has 112 valence electrons. The van der Waals surface area contributed by atoms with Crippen molar-refractivity contribution in [1.29, 1.82) is 0 Å². The maximum atomic E-state index is 3.75. The molecule has 1 aromatic carbocycles. The van der Waals surface area contributed by atoms with E-state index in [1.807, 2.05) is 0 Å². The van der Waals surface area contributed by atoms with Crippen LogP contribution in [0, 0.1) is 5.92 Å². The zero-order valence-electron chi connectivity index (χ0n) is 13.5. The van der Waals surface area contributed by atoms with Crippen LogP contribution in [0.3, 0.4) is 0 Å². The minimum absolute atomic E-state index is 0.546. The molecule has 1 heteroatoms. The van der Waals surface area contributed by atoms with Gasteiger partial charge >= 0.3 is 0 Å². The summed E-state index contributed by atoms with van der Waals surface area (Å²) in [7, 11) is 0. The molecule has 0 radical (unpaired) electrons. The highest BCUT2D eigenvalue weighted by Gasteiger charge is 2.15. The maximum Gasteiger partial charge on any atom is 0.0320 e. The number of nitrogens with one attached hydrogen (secondary N) is 1. The highest BCUT2D eigenvalue weighted by atomic mass is 14.9. The lowest BCUT2D eigenvalue weighted by Gasteiger charge is -2.23. The van der Waals surface area contributed by atoms with Gasteiger partial charge in [0.2, 0.25) is 0 Å². The highest BCUT2D eigenvalue weighted by Crippen LogP contribution is 2.27. The average Bonchev–Trinajstić information content (AvgIpc) is 2.46. The van der Waals surface area contributed by atoms with Crippen LogP contribution >= 0.6 is 0 Å². The second kappa shape index (κ2) is 7.83. The van der Waals surface area contributed by atoms with E-state index in [2.05, 4.69) is 44.3 Å². The Balaban J connectivity index is 2.10. The predicted molar refractivity (Wildman–Crippen MR) is 88.2 cm³/mol. The summed E-state index contributed by atoms with van der Waals surface area (Å²) in [5.41, 5.74) is 4.72. The van der Waals surface area contributed by atoms with E-state index in [0.717, 1.165) is 12.5 Å². The summed E-state index contributed by atoms with van der Waals surface area (Å²) in [6.45, 7) is 8.02. The molecule has 20 heavy (non-hydrogen) atoms. The molecule has 0 aromatic heterocycles. The molecule has 1 aromatic rings. The molecule has 2 rings (SSSR count). The van der Waals surface area contributed by atoms with Gasteiger partial charge in [-0.3, -0.25) is 0 Å². The van der Waals surface area contributed by atoms with Crippen LogP contribution in [0.1, 0.15) is 75.6 Å². The quantitative estimate of drug-likeness (QED) is 0.733. The van der Waals surface area contributed by atoms with E-state index in [9.17, 15) is 0 Å². The Morgan fingerprint density at radius 2 is 1.80 bits per heavy atom. The Kier molecular flexibility index (Phi) is 6.09. The molecule has 1 atom stereocenters. The SMILES string of the molecule is CCCNC(CCC(C)C)c1ccc2c(c1)CCCC2. The van der Waals surface area contributed by atoms with Crippen LogP contribution in [0.4, 0.5) is 0 Å². The third kappa shape index (κ3) is 4.34. The van der Waals surface area contributed by atoms with Gasteiger partial charge < -0.3 is 5.32 Å². The van der Waals surface area contributed by atoms with E-state index < -0.39 is 0 Å². The second-order valence-electron chi connectivity index (χ2n) is 6.71. The van der Waals surface area contributed by atoms with Crippen molar-refractivity contribution < 1.29 is 0 Å². The van der Waals surface area contributed by atoms with Crippen LogP contribution in [0.5, 0.6) is 0 Å². The van der Waals surface area contributed by atoms with Crippen molar-refractivity contribution in [2.24, 2.45) is 5.92 Å². The van der Waals surface area contributed by atoms with Gasteiger partial charge in [0.15, 0.2) is 0 Å². The van der Waals surface area contributed by atoms with Gasteiger partial charge in [-0.2, -0.15) is 0 Å². The molecule has 0 aliphatic heterocycles. The Labute approximate surface area is 125 Å².